The molecule has 0 spiro atoms. The lowest BCUT2D eigenvalue weighted by Gasteiger charge is -2.20. The lowest BCUT2D eigenvalue weighted by Crippen LogP contribution is -2.25. The zero-order valence-electron chi connectivity index (χ0n) is 13.0. The first-order chi connectivity index (χ1) is 13.2. The van der Waals surface area contributed by atoms with Gasteiger partial charge in [-0.3, -0.25) is 4.70 Å². The normalized spacial score (nSPS) is 9.39. The van der Waals surface area contributed by atoms with E-state index in [0.717, 1.165) is 30.1 Å². The Morgan fingerprint density at radius 1 is 0.893 bits per heavy atom. The first kappa shape index (κ1) is 45.0. The molecule has 0 radical (unpaired) electrons. The number of hydrogen-bond acceptors (Lipinski definition) is 4. The second-order valence-corrected chi connectivity index (χ2v) is 4.27. The summed E-state index contributed by atoms with van der Waals surface area (Å²) in [5, 5.41) is 8.96. The van der Waals surface area contributed by atoms with Crippen LogP contribution in [0.4, 0.5) is 68.7 Å². The zero-order chi connectivity index (χ0) is 23.4. The Labute approximate surface area is 149 Å². The number of likely N-dealkylation sites (N-methyl/N-ethyl adjacent to an activating group) is 1. The van der Waals surface area contributed by atoms with Crippen molar-refractivity contribution in [2.24, 2.45) is 0 Å². The first-order valence-corrected chi connectivity index (χ1v) is 5.89. The molecule has 1 N–H and O–H groups in total. The summed E-state index contributed by atoms with van der Waals surface area (Å²) in [6.07, 6.45) is 0.871. The van der Waals surface area contributed by atoms with Gasteiger partial charge >= 0.3 is 5.97 Å². The summed E-state index contributed by atoms with van der Waals surface area (Å²) in [7, 11) is 2.03. The third-order valence-corrected chi connectivity index (χ3v) is 3.18. The molecule has 0 saturated heterocycles. The van der Waals surface area contributed by atoms with E-state index in [1.807, 2.05) is 7.05 Å². The van der Waals surface area contributed by atoms with Gasteiger partial charge in [0.25, 0.3) is 0 Å². The number of aromatic carboxylic acids is 1. The second kappa shape index (κ2) is 44.4. The molecule has 0 saturated carbocycles. The van der Waals surface area contributed by atoms with Gasteiger partial charge in [-0.1, -0.05) is 0 Å². The quantitative estimate of drug-likeness (QED) is 0.443. The van der Waals surface area contributed by atoms with Crippen LogP contribution in [0.5, 0.6) is 0 Å². The Morgan fingerprint density at radius 3 is 1.57 bits per heavy atom. The number of aromatic nitrogens is 1. The van der Waals surface area contributed by atoms with Gasteiger partial charge in [0.2, 0.25) is 5.01 Å². The van der Waals surface area contributed by atoms with E-state index < -0.39 is 5.97 Å². The third kappa shape index (κ3) is 24.0. The molecule has 2 heterocycles. The lowest BCUT2D eigenvalue weighted by atomic mass is 10.2. The van der Waals surface area contributed by atoms with E-state index in [0.29, 0.717) is 0 Å². The van der Waals surface area contributed by atoms with Crippen LogP contribution in [-0.2, 0) is 13.0 Å². The van der Waals surface area contributed by atoms with Crippen LogP contribution < -0.4 is 0 Å². The molecule has 1 aliphatic rings. The number of fused-ring (bicyclic) bond motifs is 1. The molecule has 1 aliphatic heterocycles. The third-order valence-electron chi connectivity index (χ3n) is 2.11. The molecule has 1 aromatic heterocycles. The molecule has 1 aromatic rings. The van der Waals surface area contributed by atoms with Crippen molar-refractivity contribution in [3.63, 3.8) is 0 Å². The summed E-state index contributed by atoms with van der Waals surface area (Å²) in [6.45, 7) is 1.80. The molecule has 2 rings (SSSR count). The Bertz CT molecular complexity index is 376. The number of rotatable bonds is 1. The summed E-state index contributed by atoms with van der Waals surface area (Å²) in [4.78, 5) is 18.0. The fourth-order valence-electron chi connectivity index (χ4n) is 1.41. The zero-order valence-corrected chi connectivity index (χ0v) is 13.8. The van der Waals surface area contributed by atoms with E-state index in [-0.39, 0.29) is 9.71 Å². The minimum absolute atomic E-state index is 0. The van der Waals surface area contributed by atoms with E-state index >= 15 is 0 Å². The summed E-state index contributed by atoms with van der Waals surface area (Å²) >= 11 is 1.29. The summed E-state index contributed by atoms with van der Waals surface area (Å²) < 4.78 is 112. The molecule has 0 amide bonds. The van der Waals surface area contributed by atoms with Crippen LogP contribution in [0.1, 0.15) is 20.4 Å². The van der Waals surface area contributed by atoms with Crippen LogP contribution in [0.3, 0.4) is 0 Å². The molecule has 28 heavy (non-hydrogen) atoms. The number of nitrogens with zero attached hydrogens (tertiary/aromatic N) is 2. The highest BCUT2D eigenvalue weighted by atomic mass is 32.1. The molecule has 4 nitrogen and oxygen atoms in total. The maximum atomic E-state index is 10.6. The van der Waals surface area contributed by atoms with Crippen molar-refractivity contribution in [3.05, 3.63) is 15.6 Å². The predicted octanol–water partition coefficient (Wildman–Crippen LogP) is 6.86. The number of carboxylic acids is 1. The van der Waals surface area contributed by atoms with Crippen molar-refractivity contribution in [2.45, 2.75) is 13.0 Å². The van der Waals surface area contributed by atoms with E-state index in [2.05, 4.69) is 9.88 Å². The minimum Gasteiger partial charge on any atom is -0.476 e. The summed E-state index contributed by atoms with van der Waals surface area (Å²) in [5.74, 6) is -0.915. The number of carbonyl (C=O) groups is 1. The molecule has 20 heteroatoms. The van der Waals surface area contributed by atoms with Gasteiger partial charge in [0.15, 0.2) is 0 Å². The van der Waals surface area contributed by atoms with Crippen molar-refractivity contribution in [1.82, 2.24) is 9.88 Å². The second-order valence-electron chi connectivity index (χ2n) is 3.18. The fraction of sp³-hybridized carbons (Fsp3) is 0.500. The van der Waals surface area contributed by atoms with Crippen molar-refractivity contribution < 1.29 is 78.6 Å². The lowest BCUT2D eigenvalue weighted by molar-refractivity contribution is 0.0696. The Morgan fingerprint density at radius 2 is 1.25 bits per heavy atom. The smallest absolute Gasteiger partial charge is 0.365 e. The number of halogens is 15. The van der Waals surface area contributed by atoms with E-state index in [1.54, 1.807) is 0 Å². The first-order valence-electron chi connectivity index (χ1n) is 5.07. The van der Waals surface area contributed by atoms with Gasteiger partial charge in [0.05, 0.1) is 5.69 Å². The van der Waals surface area contributed by atoms with Gasteiger partial charge in [-0.05, 0) is 7.05 Å². The van der Waals surface area contributed by atoms with E-state index in [9.17, 15) is 4.79 Å². The fourth-order valence-corrected chi connectivity index (χ4v) is 2.44. The van der Waals surface area contributed by atoms with Gasteiger partial charge < -0.3 is 10.0 Å². The Kier molecular flexibility index (Phi) is 71.5. The van der Waals surface area contributed by atoms with Crippen LogP contribution in [0.2, 0.25) is 0 Å². The van der Waals surface area contributed by atoms with Crippen molar-refractivity contribution in [3.8, 4) is 0 Å². The van der Waals surface area contributed by atoms with E-state index in [4.69, 9.17) is 69.1 Å². The van der Waals surface area contributed by atoms with Gasteiger partial charge in [-0.15, -0.1) is 11.3 Å². The van der Waals surface area contributed by atoms with Crippen LogP contribution in [0.15, 0.2) is 0 Å². The molecule has 0 bridgehead atoms. The van der Waals surface area contributed by atoms with Crippen molar-refractivity contribution >= 4 is 17.3 Å². The average molecular weight is 484 g/mol. The highest BCUT2D eigenvalue weighted by Crippen LogP contribution is 2.24. The largest absolute Gasteiger partial charge is 0.476 e. The van der Waals surface area contributed by atoms with Gasteiger partial charge in [0, 0.05) is 88.4 Å². The van der Waals surface area contributed by atoms with Crippen molar-refractivity contribution in [2.75, 3.05) is 13.6 Å². The molecule has 0 aromatic carbocycles. The van der Waals surface area contributed by atoms with Crippen LogP contribution >= 0.6 is 11.3 Å². The maximum absolute atomic E-state index is 10.6. The number of carboxylic acid groups (broad SMARTS) is 1. The average Bonchev–Trinajstić information content (AvgIpc) is 3.22. The van der Waals surface area contributed by atoms with Crippen LogP contribution in [0.25, 0.3) is 0 Å². The monoisotopic (exact) mass is 484 g/mol. The van der Waals surface area contributed by atoms with Crippen LogP contribution in [0, 0.1) is 0 Å². The van der Waals surface area contributed by atoms with Gasteiger partial charge in [-0.2, -0.15) is 0 Å². The standard InChI is InChI=1S/C8H10N2O2S.7F2.FH/c1-10-3-2-5-6(4-10)13-7(9-5)8(11)12;7*1-2;/h2-4H2,1H3,(H,11,12);;;;;;;;1H. The maximum Gasteiger partial charge on any atom is 0.365 e. The van der Waals surface area contributed by atoms with Crippen molar-refractivity contribution in [1.29, 1.82) is 0 Å². The molecule has 0 aliphatic carbocycles. The van der Waals surface area contributed by atoms with Gasteiger partial charge in [0.1, 0.15) is 0 Å². The number of hydrogen-bond donors (Lipinski definition) is 1. The SMILES string of the molecule is CN1CCc2nc(C(=O)O)sc2C1.F.FF.FF.FF.FF.FF.FF.FF. The van der Waals surface area contributed by atoms with E-state index in [1.165, 1.54) is 11.3 Å². The topological polar surface area (TPSA) is 53.4 Å². The molecule has 0 atom stereocenters. The predicted molar refractivity (Wildman–Crippen MR) is 67.1 cm³/mol. The highest BCUT2D eigenvalue weighted by Gasteiger charge is 2.20. The molecular weight excluding hydrogens is 473 g/mol. The highest BCUT2D eigenvalue weighted by molar-refractivity contribution is 7.13. The Hall–Kier alpha value is -1.99. The number of thiazole rings is 1. The van der Waals surface area contributed by atoms with Crippen LogP contribution in [-0.4, -0.2) is 34.6 Å². The molecule has 0 unspecified atom stereocenters. The molecule has 0 fully saturated rings. The van der Waals surface area contributed by atoms with Gasteiger partial charge in [-0.25, -0.2) is 9.78 Å². The Balaban J connectivity index is -0.0000000505. The summed E-state index contributed by atoms with van der Waals surface area (Å²) in [6, 6.07) is 0. The minimum atomic E-state index is -0.915. The molecular formula is C8H11F15N2O2S. The summed E-state index contributed by atoms with van der Waals surface area (Å²) in [5.41, 5.74) is 0.973. The molecule has 176 valence electrons.